The van der Waals surface area contributed by atoms with E-state index in [4.69, 9.17) is 4.52 Å². The van der Waals surface area contributed by atoms with Crippen LogP contribution in [0.1, 0.15) is 5.69 Å². The lowest BCUT2D eigenvalue weighted by atomic mass is 10.1. The maximum Gasteiger partial charge on any atom is 0.230 e. The number of hydrogen-bond acceptors (Lipinski definition) is 5. The Balaban J connectivity index is 1.61. The summed E-state index contributed by atoms with van der Waals surface area (Å²) in [6, 6.07) is 7.50. The number of carbonyl (C=O) groups excluding carboxylic acids is 1. The van der Waals surface area contributed by atoms with E-state index in [1.54, 1.807) is 10.9 Å². The topological polar surface area (TPSA) is 76.2 Å². The van der Waals surface area contributed by atoms with E-state index in [1.165, 1.54) is 0 Å². The van der Waals surface area contributed by atoms with Crippen molar-refractivity contribution in [2.75, 3.05) is 26.0 Å². The van der Waals surface area contributed by atoms with Gasteiger partial charge in [-0.05, 0) is 26.2 Å². The Kier molecular flexibility index (Phi) is 4.38. The van der Waals surface area contributed by atoms with E-state index in [0.29, 0.717) is 17.0 Å². The monoisotopic (exact) mass is 313 g/mol. The molecule has 0 fully saturated rings. The van der Waals surface area contributed by atoms with Crippen LogP contribution >= 0.6 is 0 Å². The number of aromatic nitrogens is 3. The normalized spacial score (nSPS) is 11.3. The van der Waals surface area contributed by atoms with E-state index in [2.05, 4.69) is 20.5 Å². The third-order valence-electron chi connectivity index (χ3n) is 3.47. The number of amides is 1. The Morgan fingerprint density at radius 1 is 1.35 bits per heavy atom. The fourth-order valence-corrected chi connectivity index (χ4v) is 2.28. The van der Waals surface area contributed by atoms with Gasteiger partial charge in [-0.3, -0.25) is 9.48 Å². The van der Waals surface area contributed by atoms with Gasteiger partial charge >= 0.3 is 0 Å². The number of para-hydroxylation sites is 1. The van der Waals surface area contributed by atoms with Gasteiger partial charge < -0.3 is 14.7 Å². The number of nitrogens with one attached hydrogen (secondary N) is 1. The predicted molar refractivity (Wildman–Crippen MR) is 87.1 cm³/mol. The second kappa shape index (κ2) is 6.62. The molecule has 2 heterocycles. The third-order valence-corrected chi connectivity index (χ3v) is 3.47. The van der Waals surface area contributed by atoms with Crippen molar-refractivity contribution in [3.63, 3.8) is 0 Å². The van der Waals surface area contributed by atoms with Crippen molar-refractivity contribution >= 4 is 22.6 Å². The molecule has 0 radical (unpaired) electrons. The van der Waals surface area contributed by atoms with Crippen LogP contribution in [0.25, 0.3) is 11.0 Å². The number of likely N-dealkylation sites (N-methyl/N-ethyl adjacent to an activating group) is 1. The lowest BCUT2D eigenvalue weighted by Gasteiger charge is -2.08. The van der Waals surface area contributed by atoms with Gasteiger partial charge in [0.15, 0.2) is 5.58 Å². The van der Waals surface area contributed by atoms with Gasteiger partial charge in [-0.15, -0.1) is 0 Å². The first kappa shape index (κ1) is 15.2. The van der Waals surface area contributed by atoms with Crippen molar-refractivity contribution in [2.24, 2.45) is 0 Å². The average molecular weight is 313 g/mol. The second-order valence-corrected chi connectivity index (χ2v) is 5.65. The highest BCUT2D eigenvalue weighted by Gasteiger charge is 2.12. The van der Waals surface area contributed by atoms with Crippen molar-refractivity contribution in [3.05, 3.63) is 42.4 Å². The summed E-state index contributed by atoms with van der Waals surface area (Å²) in [5, 5.41) is 11.9. The summed E-state index contributed by atoms with van der Waals surface area (Å²) >= 11 is 0. The first-order valence-electron chi connectivity index (χ1n) is 7.42. The smallest absolute Gasteiger partial charge is 0.230 e. The zero-order chi connectivity index (χ0) is 16.2. The Morgan fingerprint density at radius 2 is 2.17 bits per heavy atom. The molecule has 0 aliphatic rings. The molecule has 0 aliphatic carbocycles. The fourth-order valence-electron chi connectivity index (χ4n) is 2.28. The van der Waals surface area contributed by atoms with Gasteiger partial charge in [0.25, 0.3) is 0 Å². The number of anilines is 1. The average Bonchev–Trinajstić information content (AvgIpc) is 3.13. The lowest BCUT2D eigenvalue weighted by molar-refractivity contribution is -0.115. The summed E-state index contributed by atoms with van der Waals surface area (Å²) in [7, 11) is 4.02. The maximum atomic E-state index is 12.2. The third kappa shape index (κ3) is 3.75. The molecule has 7 heteroatoms. The van der Waals surface area contributed by atoms with Gasteiger partial charge in [-0.25, -0.2) is 0 Å². The Morgan fingerprint density at radius 3 is 3.00 bits per heavy atom. The summed E-state index contributed by atoms with van der Waals surface area (Å²) in [5.74, 6) is -0.142. The molecular formula is C16H19N5O2. The molecule has 1 aromatic carbocycles. The zero-order valence-electron chi connectivity index (χ0n) is 13.2. The van der Waals surface area contributed by atoms with E-state index in [-0.39, 0.29) is 12.3 Å². The van der Waals surface area contributed by atoms with Crippen LogP contribution in [0.5, 0.6) is 0 Å². The van der Waals surface area contributed by atoms with Gasteiger partial charge in [-0.2, -0.15) is 5.10 Å². The quantitative estimate of drug-likeness (QED) is 0.750. The molecule has 120 valence electrons. The van der Waals surface area contributed by atoms with Crippen LogP contribution in [0.15, 0.2) is 41.2 Å². The molecule has 0 saturated heterocycles. The molecule has 0 spiro atoms. The van der Waals surface area contributed by atoms with Gasteiger partial charge in [0.1, 0.15) is 5.69 Å². The highest BCUT2D eigenvalue weighted by molar-refractivity contribution is 5.94. The molecule has 3 aromatic rings. The van der Waals surface area contributed by atoms with Crippen LogP contribution in [-0.4, -0.2) is 46.4 Å². The number of carbonyl (C=O) groups is 1. The minimum Gasteiger partial charge on any atom is -0.356 e. The largest absolute Gasteiger partial charge is 0.356 e. The van der Waals surface area contributed by atoms with Gasteiger partial charge in [0.05, 0.1) is 24.8 Å². The number of benzene rings is 1. The van der Waals surface area contributed by atoms with Crippen LogP contribution in [0.4, 0.5) is 5.69 Å². The van der Waals surface area contributed by atoms with Crippen LogP contribution in [-0.2, 0) is 17.8 Å². The van der Waals surface area contributed by atoms with Crippen molar-refractivity contribution in [1.82, 2.24) is 19.8 Å². The molecule has 0 unspecified atom stereocenters. The molecule has 0 bridgehead atoms. The number of hydrogen-bond donors (Lipinski definition) is 1. The van der Waals surface area contributed by atoms with Crippen LogP contribution in [0, 0.1) is 0 Å². The molecule has 3 rings (SSSR count). The molecule has 7 nitrogen and oxygen atoms in total. The van der Waals surface area contributed by atoms with Crippen LogP contribution < -0.4 is 5.32 Å². The van der Waals surface area contributed by atoms with Gasteiger partial charge in [0.2, 0.25) is 5.91 Å². The summed E-state index contributed by atoms with van der Waals surface area (Å²) < 4.78 is 7.01. The minimum atomic E-state index is -0.142. The minimum absolute atomic E-state index is 0.142. The summed E-state index contributed by atoms with van der Waals surface area (Å²) in [5.41, 5.74) is 2.01. The lowest BCUT2D eigenvalue weighted by Crippen LogP contribution is -2.18. The van der Waals surface area contributed by atoms with Crippen molar-refractivity contribution < 1.29 is 9.32 Å². The second-order valence-electron chi connectivity index (χ2n) is 5.65. The Labute approximate surface area is 133 Å². The van der Waals surface area contributed by atoms with Crippen molar-refractivity contribution in [3.8, 4) is 0 Å². The number of fused-ring (bicyclic) bond motifs is 1. The molecule has 1 amide bonds. The van der Waals surface area contributed by atoms with Crippen LogP contribution in [0.2, 0.25) is 0 Å². The van der Waals surface area contributed by atoms with Crippen molar-refractivity contribution in [1.29, 1.82) is 0 Å². The van der Waals surface area contributed by atoms with E-state index in [9.17, 15) is 4.79 Å². The molecule has 0 saturated carbocycles. The highest BCUT2D eigenvalue weighted by atomic mass is 16.5. The maximum absolute atomic E-state index is 12.2. The summed E-state index contributed by atoms with van der Waals surface area (Å²) in [4.78, 5) is 14.2. The van der Waals surface area contributed by atoms with E-state index < -0.39 is 0 Å². The number of nitrogens with zero attached hydrogens (tertiary/aromatic N) is 4. The summed E-state index contributed by atoms with van der Waals surface area (Å²) in [6.07, 6.45) is 3.64. The predicted octanol–water partition coefficient (Wildman–Crippen LogP) is 1.77. The Hall–Kier alpha value is -2.67. The van der Waals surface area contributed by atoms with Gasteiger partial charge in [0, 0.05) is 18.1 Å². The molecule has 0 atom stereocenters. The van der Waals surface area contributed by atoms with Gasteiger partial charge in [-0.1, -0.05) is 17.3 Å². The number of rotatable bonds is 6. The van der Waals surface area contributed by atoms with E-state index >= 15 is 0 Å². The molecule has 2 aromatic heterocycles. The van der Waals surface area contributed by atoms with Crippen molar-refractivity contribution in [2.45, 2.75) is 13.0 Å². The van der Waals surface area contributed by atoms with Crippen LogP contribution in [0.3, 0.4) is 0 Å². The molecule has 1 N–H and O–H groups in total. The molecular weight excluding hydrogens is 294 g/mol. The standard InChI is InChI=1S/C16H19N5O2/c1-20(2)7-8-21-11-12(10-17-21)18-16(22)9-14-13-5-3-4-6-15(13)23-19-14/h3-6,10-11H,7-9H2,1-2H3,(H,18,22). The molecule has 0 aliphatic heterocycles. The zero-order valence-corrected chi connectivity index (χ0v) is 13.2. The fraction of sp³-hybridized carbons (Fsp3) is 0.312. The molecule has 23 heavy (non-hydrogen) atoms. The SMILES string of the molecule is CN(C)CCn1cc(NC(=O)Cc2noc3ccccc23)cn1. The van der Waals surface area contributed by atoms with E-state index in [0.717, 1.165) is 18.5 Å². The Bertz CT molecular complexity index is 806. The first-order chi connectivity index (χ1) is 11.1. The highest BCUT2D eigenvalue weighted by Crippen LogP contribution is 2.18. The summed E-state index contributed by atoms with van der Waals surface area (Å²) in [6.45, 7) is 1.66. The van der Waals surface area contributed by atoms with E-state index in [1.807, 2.05) is 44.6 Å². The first-order valence-corrected chi connectivity index (χ1v) is 7.42.